The first-order valence-electron chi connectivity index (χ1n) is 10.4. The minimum absolute atomic E-state index is 0.0849. The molecule has 186 valence electrons. The van der Waals surface area contributed by atoms with Gasteiger partial charge in [-0.05, 0) is 19.9 Å². The average Bonchev–Trinajstić information content (AvgIpc) is 2.78. The molecule has 14 heteroatoms. The molecule has 0 aromatic carbocycles. The van der Waals surface area contributed by atoms with Crippen LogP contribution >= 0.6 is 0 Å². The number of ether oxygens (including phenoxy) is 1. The molecule has 0 spiro atoms. The number of aromatic amines is 1. The van der Waals surface area contributed by atoms with Gasteiger partial charge in [0, 0.05) is 38.4 Å². The maximum absolute atomic E-state index is 13.1. The third-order valence-corrected chi connectivity index (χ3v) is 5.33. The number of rotatable bonds is 6. The van der Waals surface area contributed by atoms with Gasteiger partial charge in [0.2, 0.25) is 0 Å². The molecule has 3 heterocycles. The van der Waals surface area contributed by atoms with Crippen LogP contribution in [-0.2, 0) is 10.9 Å². The summed E-state index contributed by atoms with van der Waals surface area (Å²) in [7, 11) is 0. The van der Waals surface area contributed by atoms with Crippen LogP contribution in [0.25, 0.3) is 0 Å². The van der Waals surface area contributed by atoms with Crippen molar-refractivity contribution in [3.05, 3.63) is 46.3 Å². The maximum atomic E-state index is 13.1. The normalized spacial score (nSPS) is 22.3. The molecule has 1 fully saturated rings. The van der Waals surface area contributed by atoms with Crippen molar-refractivity contribution < 1.29 is 27.1 Å². The highest BCUT2D eigenvalue weighted by molar-refractivity contribution is 5.76. The molecule has 2 aliphatic heterocycles. The molecule has 1 saturated heterocycles. The Morgan fingerprint density at radius 1 is 1.35 bits per heavy atom. The van der Waals surface area contributed by atoms with Gasteiger partial charge < -0.3 is 20.3 Å². The molecule has 2 atom stereocenters. The number of anilines is 1. The Morgan fingerprint density at radius 3 is 2.68 bits per heavy atom. The van der Waals surface area contributed by atoms with Crippen molar-refractivity contribution in [2.75, 3.05) is 38.1 Å². The predicted molar refractivity (Wildman–Crippen MR) is 116 cm³/mol. The Balaban J connectivity index is 1.44. The van der Waals surface area contributed by atoms with Crippen LogP contribution in [0.15, 0.2) is 40.2 Å². The third-order valence-electron chi connectivity index (χ3n) is 5.33. The molecule has 1 amide bonds. The highest BCUT2D eigenvalue weighted by Gasteiger charge is 2.37. The summed E-state index contributed by atoms with van der Waals surface area (Å²) < 4.78 is 57.6. The number of carbonyl (C=O) groups is 1. The summed E-state index contributed by atoms with van der Waals surface area (Å²) in [6, 6.07) is -0.602. The van der Waals surface area contributed by atoms with E-state index in [0.29, 0.717) is 26.2 Å². The number of amides is 1. The SMILES string of the molecule is C[C@@H](/C=C/COC(=O)N1CCN(C2(C)N=CC(F)=CN2)CC1)Nc1cn[nH]c(=O)c1C(F)(F)F. The Labute approximate surface area is 192 Å². The van der Waals surface area contributed by atoms with Crippen LogP contribution in [0.2, 0.25) is 0 Å². The van der Waals surface area contributed by atoms with E-state index in [1.54, 1.807) is 18.9 Å². The Morgan fingerprint density at radius 2 is 2.06 bits per heavy atom. The smallest absolute Gasteiger partial charge is 0.423 e. The molecule has 10 nitrogen and oxygen atoms in total. The molecule has 0 bridgehead atoms. The van der Waals surface area contributed by atoms with Gasteiger partial charge in [0.25, 0.3) is 5.56 Å². The molecule has 0 saturated carbocycles. The van der Waals surface area contributed by atoms with E-state index in [9.17, 15) is 27.2 Å². The van der Waals surface area contributed by atoms with Crippen molar-refractivity contribution in [1.29, 1.82) is 0 Å². The zero-order chi connectivity index (χ0) is 24.9. The highest BCUT2D eigenvalue weighted by atomic mass is 19.4. The van der Waals surface area contributed by atoms with E-state index < -0.39 is 46.7 Å². The van der Waals surface area contributed by atoms with Crippen molar-refractivity contribution in [1.82, 2.24) is 25.3 Å². The molecule has 0 radical (unpaired) electrons. The standard InChI is InChI=1S/C20H25F4N7O3/c1-13(28-15-12-27-29-17(32)16(15)20(22,23)24)4-3-9-34-18(33)30-5-7-31(8-6-30)19(2)25-10-14(21)11-26-19/h3-4,10-13,25H,5-9H2,1-2H3,(H2,28,29,32)/b4-3+/t13-,19?/m0/s1. The number of halogens is 4. The van der Waals surface area contributed by atoms with Gasteiger partial charge in [-0.2, -0.15) is 18.3 Å². The van der Waals surface area contributed by atoms with Gasteiger partial charge >= 0.3 is 12.3 Å². The maximum Gasteiger partial charge on any atom is 0.423 e. The van der Waals surface area contributed by atoms with Gasteiger partial charge in [0.15, 0.2) is 11.6 Å². The average molecular weight is 487 g/mol. The molecule has 2 aliphatic rings. The van der Waals surface area contributed by atoms with Gasteiger partial charge in [-0.3, -0.25) is 9.69 Å². The van der Waals surface area contributed by atoms with Crippen molar-refractivity contribution >= 4 is 18.0 Å². The molecule has 34 heavy (non-hydrogen) atoms. The van der Waals surface area contributed by atoms with Gasteiger partial charge in [0.1, 0.15) is 12.2 Å². The lowest BCUT2D eigenvalue weighted by Crippen LogP contribution is -2.61. The second-order valence-electron chi connectivity index (χ2n) is 7.85. The van der Waals surface area contributed by atoms with Gasteiger partial charge in [-0.15, -0.1) is 0 Å². The minimum atomic E-state index is -4.84. The number of hydrogen-bond acceptors (Lipinski definition) is 8. The Kier molecular flexibility index (Phi) is 7.59. The first-order valence-corrected chi connectivity index (χ1v) is 10.4. The van der Waals surface area contributed by atoms with Crippen LogP contribution in [0.1, 0.15) is 19.4 Å². The largest absolute Gasteiger partial charge is 0.445 e. The monoisotopic (exact) mass is 487 g/mol. The second-order valence-corrected chi connectivity index (χ2v) is 7.85. The number of piperazine rings is 1. The topological polar surface area (TPSA) is 115 Å². The van der Waals surface area contributed by atoms with Crippen LogP contribution in [0.5, 0.6) is 0 Å². The van der Waals surface area contributed by atoms with E-state index in [4.69, 9.17) is 4.74 Å². The second kappa shape index (κ2) is 10.2. The molecule has 0 aliphatic carbocycles. The minimum Gasteiger partial charge on any atom is -0.445 e. The fourth-order valence-corrected chi connectivity index (χ4v) is 3.52. The number of hydrogen-bond donors (Lipinski definition) is 3. The Hall–Kier alpha value is -3.42. The molecule has 1 aromatic rings. The summed E-state index contributed by atoms with van der Waals surface area (Å²) >= 11 is 0. The van der Waals surface area contributed by atoms with Crippen LogP contribution in [0.3, 0.4) is 0 Å². The van der Waals surface area contributed by atoms with Gasteiger partial charge in [0.05, 0.1) is 18.1 Å². The summed E-state index contributed by atoms with van der Waals surface area (Å²) in [5.74, 6) is -1.25. The molecule has 1 unspecified atom stereocenters. The molecule has 1 aromatic heterocycles. The summed E-state index contributed by atoms with van der Waals surface area (Å²) in [6.45, 7) is 5.05. The fraction of sp³-hybridized carbons (Fsp3) is 0.500. The lowest BCUT2D eigenvalue weighted by molar-refractivity contribution is -0.138. The first kappa shape index (κ1) is 25.2. The van der Waals surface area contributed by atoms with Crippen molar-refractivity contribution in [3.63, 3.8) is 0 Å². The summed E-state index contributed by atoms with van der Waals surface area (Å²) in [6.07, 6.45) is 0.900. The number of nitrogens with zero attached hydrogens (tertiary/aromatic N) is 4. The first-order chi connectivity index (χ1) is 16.0. The number of carbonyl (C=O) groups excluding carboxylic acids is 1. The summed E-state index contributed by atoms with van der Waals surface area (Å²) in [4.78, 5) is 31.5. The van der Waals surface area contributed by atoms with E-state index in [1.807, 2.05) is 4.90 Å². The number of alkyl halides is 3. The van der Waals surface area contributed by atoms with Crippen molar-refractivity contribution in [2.24, 2.45) is 4.99 Å². The van der Waals surface area contributed by atoms with Crippen molar-refractivity contribution in [2.45, 2.75) is 31.9 Å². The zero-order valence-corrected chi connectivity index (χ0v) is 18.5. The van der Waals surface area contributed by atoms with E-state index in [1.165, 1.54) is 23.3 Å². The lowest BCUT2D eigenvalue weighted by Gasteiger charge is -2.43. The van der Waals surface area contributed by atoms with Crippen LogP contribution in [-0.4, -0.2) is 76.9 Å². The fourth-order valence-electron chi connectivity index (χ4n) is 3.52. The molecule has 3 N–H and O–H groups in total. The van der Waals surface area contributed by atoms with Crippen molar-refractivity contribution in [3.8, 4) is 0 Å². The lowest BCUT2D eigenvalue weighted by atomic mass is 10.2. The number of aromatic nitrogens is 2. The van der Waals surface area contributed by atoms with E-state index in [-0.39, 0.29) is 6.61 Å². The number of H-pyrrole nitrogens is 1. The van der Waals surface area contributed by atoms with Gasteiger partial charge in [-0.25, -0.2) is 19.3 Å². The Bertz CT molecular complexity index is 1030. The van der Waals surface area contributed by atoms with E-state index in [0.717, 1.165) is 12.4 Å². The molecular formula is C20H25F4N7O3. The predicted octanol–water partition coefficient (Wildman–Crippen LogP) is 2.06. The number of allylic oxidation sites excluding steroid dienone is 1. The van der Waals surface area contributed by atoms with Crippen LogP contribution in [0, 0.1) is 0 Å². The highest BCUT2D eigenvalue weighted by Crippen LogP contribution is 2.31. The van der Waals surface area contributed by atoms with Gasteiger partial charge in [-0.1, -0.05) is 6.08 Å². The van der Waals surface area contributed by atoms with Crippen LogP contribution < -0.4 is 16.2 Å². The summed E-state index contributed by atoms with van der Waals surface area (Å²) in [5, 5.41) is 10.6. The zero-order valence-electron chi connectivity index (χ0n) is 18.5. The molecule has 3 rings (SSSR count). The summed E-state index contributed by atoms with van der Waals surface area (Å²) in [5.41, 5.74) is -3.16. The van der Waals surface area contributed by atoms with Crippen LogP contribution in [0.4, 0.5) is 28.0 Å². The molecular weight excluding hydrogens is 462 g/mol. The number of aliphatic imine (C=N–C) groups is 1. The van der Waals surface area contributed by atoms with E-state index in [2.05, 4.69) is 20.7 Å². The number of nitrogens with one attached hydrogen (secondary N) is 3. The third kappa shape index (κ3) is 6.12. The quantitative estimate of drug-likeness (QED) is 0.416. The van der Waals surface area contributed by atoms with E-state index >= 15 is 0 Å².